The first kappa shape index (κ1) is 16.9. The number of aryl methyl sites for hydroxylation is 1. The van der Waals surface area contributed by atoms with Crippen molar-refractivity contribution in [1.82, 2.24) is 4.98 Å². The van der Waals surface area contributed by atoms with Crippen molar-refractivity contribution in [1.29, 1.82) is 0 Å². The van der Waals surface area contributed by atoms with E-state index in [-0.39, 0.29) is 0 Å². The molecule has 2 aliphatic heterocycles. The molecule has 0 spiro atoms. The summed E-state index contributed by atoms with van der Waals surface area (Å²) in [7, 11) is 0. The van der Waals surface area contributed by atoms with E-state index in [0.717, 1.165) is 48.3 Å². The number of nitrogen functional groups attached to an aromatic ring is 1. The minimum Gasteiger partial charge on any atom is -0.378 e. The number of thiazole rings is 1. The van der Waals surface area contributed by atoms with Gasteiger partial charge in [-0.15, -0.1) is 0 Å². The van der Waals surface area contributed by atoms with Crippen LogP contribution in [-0.2, 0) is 4.74 Å². The van der Waals surface area contributed by atoms with E-state index < -0.39 is 0 Å². The van der Waals surface area contributed by atoms with Crippen LogP contribution < -0.4 is 10.6 Å². The average Bonchev–Trinajstić information content (AvgIpc) is 3.01. The second-order valence-electron chi connectivity index (χ2n) is 6.07. The largest absolute Gasteiger partial charge is 0.378 e. The Labute approximate surface area is 156 Å². The number of hydrogen-bond acceptors (Lipinski definition) is 6. The van der Waals surface area contributed by atoms with Crippen LogP contribution in [0.4, 0.5) is 16.5 Å². The van der Waals surface area contributed by atoms with Crippen LogP contribution in [-0.4, -0.2) is 49.2 Å². The van der Waals surface area contributed by atoms with Crippen LogP contribution in [0.5, 0.6) is 0 Å². The van der Waals surface area contributed by atoms with Crippen LogP contribution in [0.2, 0.25) is 0 Å². The Morgan fingerprint density at radius 1 is 1.19 bits per heavy atom. The van der Waals surface area contributed by atoms with Crippen molar-refractivity contribution in [3.63, 3.8) is 0 Å². The molecular weight excluding hydrogens is 348 g/mol. The van der Waals surface area contributed by atoms with Gasteiger partial charge < -0.3 is 15.4 Å². The monoisotopic (exact) mass is 368 g/mol. The molecule has 7 nitrogen and oxygen atoms in total. The maximum absolute atomic E-state index is 5.80. The number of morpholine rings is 1. The molecule has 0 atom stereocenters. The molecule has 0 aliphatic carbocycles. The molecule has 1 aromatic heterocycles. The third-order valence-electron chi connectivity index (χ3n) is 4.26. The Hall–Kier alpha value is -2.58. The number of aromatic nitrogens is 1. The van der Waals surface area contributed by atoms with Gasteiger partial charge in [0.15, 0.2) is 5.13 Å². The smallest absolute Gasteiger partial charge is 0.249 e. The number of guanidine groups is 1. The standard InChI is InChI=1S/C18H20N6OS/c1-12-16(26-17(19)21-12)15-6-7-20-18(23-15)22-13-2-4-14(5-3-13)24-8-10-25-11-9-24/h2-5,7H,6,8-11H2,1H3,(H2,19,21)/b22-18-. The fourth-order valence-electron chi connectivity index (χ4n) is 2.97. The number of benzene rings is 1. The number of nitrogens with two attached hydrogens (primary N) is 1. The van der Waals surface area contributed by atoms with Gasteiger partial charge in [0, 0.05) is 31.4 Å². The number of aliphatic imine (C=N–C) groups is 3. The molecule has 0 radical (unpaired) electrons. The van der Waals surface area contributed by atoms with Crippen LogP contribution in [0.1, 0.15) is 17.0 Å². The highest BCUT2D eigenvalue weighted by molar-refractivity contribution is 7.17. The highest BCUT2D eigenvalue weighted by Gasteiger charge is 2.15. The van der Waals surface area contributed by atoms with Gasteiger partial charge in [-0.05, 0) is 31.2 Å². The van der Waals surface area contributed by atoms with E-state index in [1.54, 1.807) is 0 Å². The minimum atomic E-state index is 0.455. The third-order valence-corrected chi connectivity index (χ3v) is 5.29. The maximum Gasteiger partial charge on any atom is 0.249 e. The van der Waals surface area contributed by atoms with E-state index in [2.05, 4.69) is 37.0 Å². The predicted molar refractivity (Wildman–Crippen MR) is 107 cm³/mol. The summed E-state index contributed by atoms with van der Waals surface area (Å²) in [6.07, 6.45) is 2.50. The van der Waals surface area contributed by atoms with Crippen molar-refractivity contribution in [3.8, 4) is 0 Å². The van der Waals surface area contributed by atoms with Gasteiger partial charge in [0.25, 0.3) is 0 Å². The lowest BCUT2D eigenvalue weighted by molar-refractivity contribution is 0.122. The Balaban J connectivity index is 1.54. The normalized spacial score (nSPS) is 19.0. The number of nitrogens with zero attached hydrogens (tertiary/aromatic N) is 5. The fraction of sp³-hybridized carbons (Fsp3) is 0.333. The van der Waals surface area contributed by atoms with Crippen LogP contribution in [0.25, 0.3) is 0 Å². The summed E-state index contributed by atoms with van der Waals surface area (Å²) in [5, 5.41) is 0.555. The number of anilines is 2. The molecule has 0 saturated carbocycles. The van der Waals surface area contributed by atoms with Gasteiger partial charge in [0.1, 0.15) is 0 Å². The third kappa shape index (κ3) is 3.66. The highest BCUT2D eigenvalue weighted by atomic mass is 32.1. The number of rotatable bonds is 3. The lowest BCUT2D eigenvalue weighted by Crippen LogP contribution is -2.36. The van der Waals surface area contributed by atoms with Crippen molar-refractivity contribution < 1.29 is 4.74 Å². The van der Waals surface area contributed by atoms with Gasteiger partial charge in [-0.1, -0.05) is 11.3 Å². The highest BCUT2D eigenvalue weighted by Crippen LogP contribution is 2.24. The second kappa shape index (κ2) is 7.35. The van der Waals surface area contributed by atoms with Crippen LogP contribution in [0, 0.1) is 6.92 Å². The molecule has 0 amide bonds. The molecule has 0 unspecified atom stereocenters. The molecule has 134 valence electrons. The molecule has 8 heteroatoms. The molecule has 2 aliphatic rings. The summed E-state index contributed by atoms with van der Waals surface area (Å²) in [5.41, 5.74) is 9.63. The molecule has 1 saturated heterocycles. The fourth-order valence-corrected chi connectivity index (χ4v) is 3.80. The zero-order valence-corrected chi connectivity index (χ0v) is 15.4. The van der Waals surface area contributed by atoms with E-state index in [0.29, 0.717) is 17.5 Å². The quantitative estimate of drug-likeness (QED) is 0.902. The van der Waals surface area contributed by atoms with E-state index in [1.165, 1.54) is 17.0 Å². The van der Waals surface area contributed by atoms with E-state index in [1.807, 2.05) is 25.3 Å². The zero-order valence-electron chi connectivity index (χ0n) is 14.6. The summed E-state index contributed by atoms with van der Waals surface area (Å²) < 4.78 is 5.40. The second-order valence-corrected chi connectivity index (χ2v) is 7.10. The van der Waals surface area contributed by atoms with E-state index in [4.69, 9.17) is 10.5 Å². The average molecular weight is 368 g/mol. The molecule has 3 heterocycles. The summed E-state index contributed by atoms with van der Waals surface area (Å²) in [5.74, 6) is 0.455. The Bertz CT molecular complexity index is 878. The SMILES string of the molecule is Cc1nc(N)sc1C1=N/C(=N\c2ccc(N3CCOCC3)cc2)N=CC1. The molecular formula is C18H20N6OS. The van der Waals surface area contributed by atoms with E-state index in [9.17, 15) is 0 Å². The van der Waals surface area contributed by atoms with Crippen molar-refractivity contribution in [2.24, 2.45) is 15.0 Å². The Morgan fingerprint density at radius 2 is 1.96 bits per heavy atom. The van der Waals surface area contributed by atoms with Crippen LogP contribution in [0.3, 0.4) is 0 Å². The molecule has 0 bridgehead atoms. The first-order chi connectivity index (χ1) is 12.7. The van der Waals surface area contributed by atoms with Gasteiger partial charge in [-0.25, -0.2) is 20.0 Å². The molecule has 1 aromatic carbocycles. The van der Waals surface area contributed by atoms with Gasteiger partial charge in [0.2, 0.25) is 5.96 Å². The van der Waals surface area contributed by atoms with Gasteiger partial charge in [0.05, 0.1) is 35.2 Å². The lowest BCUT2D eigenvalue weighted by Gasteiger charge is -2.28. The lowest BCUT2D eigenvalue weighted by atomic mass is 10.2. The maximum atomic E-state index is 5.80. The van der Waals surface area contributed by atoms with E-state index >= 15 is 0 Å². The zero-order chi connectivity index (χ0) is 17.9. The Morgan fingerprint density at radius 3 is 2.65 bits per heavy atom. The van der Waals surface area contributed by atoms with Crippen LogP contribution in [0.15, 0.2) is 39.2 Å². The molecule has 2 aromatic rings. The van der Waals surface area contributed by atoms with Gasteiger partial charge in [-0.2, -0.15) is 0 Å². The molecule has 2 N–H and O–H groups in total. The topological polar surface area (TPSA) is 88.5 Å². The minimum absolute atomic E-state index is 0.455. The van der Waals surface area contributed by atoms with Crippen molar-refractivity contribution in [3.05, 3.63) is 34.8 Å². The van der Waals surface area contributed by atoms with Gasteiger partial charge in [-0.3, -0.25) is 0 Å². The summed E-state index contributed by atoms with van der Waals surface area (Å²) in [4.78, 5) is 21.0. The van der Waals surface area contributed by atoms with Gasteiger partial charge >= 0.3 is 0 Å². The summed E-state index contributed by atoms with van der Waals surface area (Å²) in [6.45, 7) is 5.33. The van der Waals surface area contributed by atoms with Crippen molar-refractivity contribution >= 4 is 45.7 Å². The van der Waals surface area contributed by atoms with Crippen molar-refractivity contribution in [2.45, 2.75) is 13.3 Å². The predicted octanol–water partition coefficient (Wildman–Crippen LogP) is 2.82. The first-order valence-electron chi connectivity index (χ1n) is 8.54. The summed E-state index contributed by atoms with van der Waals surface area (Å²) >= 11 is 1.45. The number of hydrogen-bond donors (Lipinski definition) is 1. The number of ether oxygens (including phenoxy) is 1. The molecule has 26 heavy (non-hydrogen) atoms. The molecule has 4 rings (SSSR count). The summed E-state index contributed by atoms with van der Waals surface area (Å²) in [6, 6.07) is 8.14. The first-order valence-corrected chi connectivity index (χ1v) is 9.35. The Kier molecular flexibility index (Phi) is 4.77. The molecule has 1 fully saturated rings. The van der Waals surface area contributed by atoms with Crippen LogP contribution >= 0.6 is 11.3 Å². The van der Waals surface area contributed by atoms with Crippen molar-refractivity contribution in [2.75, 3.05) is 36.9 Å².